The second kappa shape index (κ2) is 8.63. The first-order chi connectivity index (χ1) is 11.7. The Labute approximate surface area is 149 Å². The van der Waals surface area contributed by atoms with Gasteiger partial charge in [-0.15, -0.1) is 0 Å². The van der Waals surface area contributed by atoms with E-state index >= 15 is 0 Å². The van der Waals surface area contributed by atoms with E-state index in [1.54, 1.807) is 0 Å². The molecular weight excluding hydrogens is 320 g/mol. The van der Waals surface area contributed by atoms with Crippen LogP contribution in [-0.2, 0) is 13.1 Å². The predicted octanol–water partition coefficient (Wildman–Crippen LogP) is 3.41. The Hall–Kier alpha value is -1.39. The van der Waals surface area contributed by atoms with Gasteiger partial charge in [-0.2, -0.15) is 0 Å². The molecule has 0 unspecified atom stereocenters. The van der Waals surface area contributed by atoms with Gasteiger partial charge in [-0.1, -0.05) is 54.1 Å². The third-order valence-electron chi connectivity index (χ3n) is 4.70. The van der Waals surface area contributed by atoms with Crippen LogP contribution in [0.5, 0.6) is 0 Å². The predicted molar refractivity (Wildman–Crippen MR) is 99.1 cm³/mol. The van der Waals surface area contributed by atoms with Crippen molar-refractivity contribution in [2.75, 3.05) is 26.2 Å². The van der Waals surface area contributed by atoms with Gasteiger partial charge in [0.2, 0.25) is 0 Å². The summed E-state index contributed by atoms with van der Waals surface area (Å²) in [5.74, 6) is 0. The van der Waals surface area contributed by atoms with E-state index in [2.05, 4.69) is 52.3 Å². The largest absolute Gasteiger partial charge is 0.396 e. The molecule has 0 amide bonds. The second-order valence-corrected chi connectivity index (χ2v) is 6.92. The molecule has 2 aromatic carbocycles. The molecule has 0 aromatic heterocycles. The molecule has 0 radical (unpaired) electrons. The van der Waals surface area contributed by atoms with Crippen LogP contribution in [0.3, 0.4) is 0 Å². The zero-order chi connectivity index (χ0) is 16.8. The van der Waals surface area contributed by atoms with Crippen LogP contribution in [0.4, 0.5) is 0 Å². The molecule has 1 N–H and O–H groups in total. The third-order valence-corrected chi connectivity index (χ3v) is 4.95. The molecule has 1 aliphatic rings. The average molecular weight is 345 g/mol. The highest BCUT2D eigenvalue weighted by Crippen LogP contribution is 2.19. The molecule has 1 aliphatic heterocycles. The van der Waals surface area contributed by atoms with E-state index in [0.29, 0.717) is 6.04 Å². The molecule has 0 spiro atoms. The highest BCUT2D eigenvalue weighted by molar-refractivity contribution is 6.30. The minimum atomic E-state index is 0.241. The van der Waals surface area contributed by atoms with Gasteiger partial charge in [-0.3, -0.25) is 9.80 Å². The van der Waals surface area contributed by atoms with Crippen LogP contribution >= 0.6 is 11.6 Å². The lowest BCUT2D eigenvalue weighted by atomic mass is 10.1. The van der Waals surface area contributed by atoms with E-state index in [-0.39, 0.29) is 6.61 Å². The fourth-order valence-electron chi connectivity index (χ4n) is 3.40. The maximum atomic E-state index is 9.45. The van der Waals surface area contributed by atoms with Gasteiger partial charge in [-0.25, -0.2) is 0 Å². The summed E-state index contributed by atoms with van der Waals surface area (Å²) in [5.41, 5.74) is 2.63. The monoisotopic (exact) mass is 344 g/mol. The van der Waals surface area contributed by atoms with Crippen LogP contribution < -0.4 is 0 Å². The summed E-state index contributed by atoms with van der Waals surface area (Å²) >= 11 is 5.97. The van der Waals surface area contributed by atoms with Crippen LogP contribution in [-0.4, -0.2) is 47.2 Å². The lowest BCUT2D eigenvalue weighted by molar-refractivity contribution is 0.0500. The first-order valence-corrected chi connectivity index (χ1v) is 8.98. The van der Waals surface area contributed by atoms with Gasteiger partial charge in [0.05, 0.1) is 0 Å². The summed E-state index contributed by atoms with van der Waals surface area (Å²) in [7, 11) is 0. The van der Waals surface area contributed by atoms with Crippen LogP contribution in [0.2, 0.25) is 5.02 Å². The average Bonchev–Trinajstić information content (AvgIpc) is 2.60. The Morgan fingerprint density at radius 1 is 0.917 bits per heavy atom. The van der Waals surface area contributed by atoms with E-state index < -0.39 is 0 Å². The van der Waals surface area contributed by atoms with Crippen molar-refractivity contribution in [2.24, 2.45) is 0 Å². The molecule has 1 heterocycles. The molecule has 1 saturated heterocycles. The van der Waals surface area contributed by atoms with Crippen LogP contribution in [0.25, 0.3) is 0 Å². The number of halogens is 1. The summed E-state index contributed by atoms with van der Waals surface area (Å²) in [6, 6.07) is 19.1. The van der Waals surface area contributed by atoms with Crippen molar-refractivity contribution in [2.45, 2.75) is 25.6 Å². The molecule has 24 heavy (non-hydrogen) atoms. The lowest BCUT2D eigenvalue weighted by Gasteiger charge is -2.41. The number of hydrogen-bond acceptors (Lipinski definition) is 3. The fourth-order valence-corrected chi connectivity index (χ4v) is 3.52. The Morgan fingerprint density at radius 2 is 1.62 bits per heavy atom. The Morgan fingerprint density at radius 3 is 2.33 bits per heavy atom. The van der Waals surface area contributed by atoms with Crippen LogP contribution in [0, 0.1) is 0 Å². The standard InChI is InChI=1S/C20H25ClN2O/c21-19-8-6-18(7-9-19)14-22-11-12-23(20(16-22)10-13-24)15-17-4-2-1-3-5-17/h1-9,20,24H,10-16H2/t20-/m1/s1. The van der Waals surface area contributed by atoms with Gasteiger partial charge < -0.3 is 5.11 Å². The molecule has 2 aromatic rings. The van der Waals surface area contributed by atoms with E-state index in [0.717, 1.165) is 44.2 Å². The number of benzene rings is 2. The van der Waals surface area contributed by atoms with Gasteiger partial charge in [-0.05, 0) is 29.7 Å². The summed E-state index contributed by atoms with van der Waals surface area (Å²) in [4.78, 5) is 4.98. The third kappa shape index (κ3) is 4.81. The Kier molecular flexibility index (Phi) is 6.27. The molecule has 1 atom stereocenters. The van der Waals surface area contributed by atoms with E-state index in [9.17, 15) is 5.11 Å². The highest BCUT2D eigenvalue weighted by atomic mass is 35.5. The van der Waals surface area contributed by atoms with Gasteiger partial charge in [0.1, 0.15) is 0 Å². The van der Waals surface area contributed by atoms with Gasteiger partial charge >= 0.3 is 0 Å². The van der Waals surface area contributed by atoms with Crippen LogP contribution in [0.1, 0.15) is 17.5 Å². The summed E-state index contributed by atoms with van der Waals surface area (Å²) < 4.78 is 0. The smallest absolute Gasteiger partial charge is 0.0446 e. The van der Waals surface area contributed by atoms with Crippen molar-refractivity contribution in [1.29, 1.82) is 0 Å². The van der Waals surface area contributed by atoms with Crippen LogP contribution in [0.15, 0.2) is 54.6 Å². The Balaban J connectivity index is 1.61. The normalized spacial score (nSPS) is 19.5. The zero-order valence-corrected chi connectivity index (χ0v) is 14.7. The molecule has 128 valence electrons. The minimum absolute atomic E-state index is 0.241. The quantitative estimate of drug-likeness (QED) is 0.870. The zero-order valence-electron chi connectivity index (χ0n) is 13.9. The van der Waals surface area contributed by atoms with Gasteiger partial charge in [0.15, 0.2) is 0 Å². The molecule has 0 bridgehead atoms. The van der Waals surface area contributed by atoms with E-state index in [4.69, 9.17) is 11.6 Å². The number of aliphatic hydroxyl groups excluding tert-OH is 1. The molecule has 0 aliphatic carbocycles. The molecule has 0 saturated carbocycles. The van der Waals surface area contributed by atoms with E-state index in [1.807, 2.05) is 12.1 Å². The number of rotatable bonds is 6. The minimum Gasteiger partial charge on any atom is -0.396 e. The molecule has 4 heteroatoms. The highest BCUT2D eigenvalue weighted by Gasteiger charge is 2.26. The first kappa shape index (κ1) is 17.4. The lowest BCUT2D eigenvalue weighted by Crippen LogP contribution is -2.52. The summed E-state index contributed by atoms with van der Waals surface area (Å²) in [6.45, 7) is 5.23. The van der Waals surface area contributed by atoms with Crippen molar-refractivity contribution in [1.82, 2.24) is 9.80 Å². The van der Waals surface area contributed by atoms with Gasteiger partial charge in [0, 0.05) is 50.4 Å². The summed E-state index contributed by atoms with van der Waals surface area (Å²) in [6.07, 6.45) is 0.823. The van der Waals surface area contributed by atoms with E-state index in [1.165, 1.54) is 11.1 Å². The fraction of sp³-hybridized carbons (Fsp3) is 0.400. The maximum Gasteiger partial charge on any atom is 0.0446 e. The van der Waals surface area contributed by atoms with Crippen molar-refractivity contribution in [3.63, 3.8) is 0 Å². The number of hydrogen-bond donors (Lipinski definition) is 1. The molecule has 3 rings (SSSR count). The second-order valence-electron chi connectivity index (χ2n) is 6.48. The SMILES string of the molecule is OCC[C@@H]1CN(Cc2ccc(Cl)cc2)CCN1Cc1ccccc1. The number of nitrogens with zero attached hydrogens (tertiary/aromatic N) is 2. The van der Waals surface area contributed by atoms with Crippen molar-refractivity contribution in [3.8, 4) is 0 Å². The van der Waals surface area contributed by atoms with Gasteiger partial charge in [0.25, 0.3) is 0 Å². The maximum absolute atomic E-state index is 9.45. The first-order valence-electron chi connectivity index (χ1n) is 8.60. The summed E-state index contributed by atoms with van der Waals surface area (Å²) in [5, 5.41) is 10.2. The number of aliphatic hydroxyl groups is 1. The Bertz CT molecular complexity index is 617. The molecule has 3 nitrogen and oxygen atoms in total. The molecular formula is C20H25ClN2O. The van der Waals surface area contributed by atoms with Crippen molar-refractivity contribution < 1.29 is 5.11 Å². The van der Waals surface area contributed by atoms with Crippen molar-refractivity contribution in [3.05, 3.63) is 70.7 Å². The molecule has 1 fully saturated rings. The number of piperazine rings is 1. The topological polar surface area (TPSA) is 26.7 Å². The van der Waals surface area contributed by atoms with Crippen molar-refractivity contribution >= 4 is 11.6 Å².